The van der Waals surface area contributed by atoms with Crippen LogP contribution in [0.2, 0.25) is 0 Å². The van der Waals surface area contributed by atoms with Crippen LogP contribution in [0.1, 0.15) is 18.0 Å². The summed E-state index contributed by atoms with van der Waals surface area (Å²) in [5, 5.41) is 4.09. The molecule has 0 saturated heterocycles. The molecule has 3 rings (SSSR count). The van der Waals surface area contributed by atoms with Gasteiger partial charge in [0.05, 0.1) is 9.52 Å². The summed E-state index contributed by atoms with van der Waals surface area (Å²) < 4.78 is 0. The first-order valence-corrected chi connectivity index (χ1v) is 7.71. The van der Waals surface area contributed by atoms with Gasteiger partial charge in [0.1, 0.15) is 0 Å². The second-order valence-corrected chi connectivity index (χ2v) is 6.57. The summed E-state index contributed by atoms with van der Waals surface area (Å²) in [6, 6.07) is 26.1. The third kappa shape index (κ3) is 2.77. The molecule has 0 aromatic heterocycles. The van der Waals surface area contributed by atoms with Crippen LogP contribution in [0.3, 0.4) is 0 Å². The molecule has 3 aromatic rings. The molecule has 0 heterocycles. The molecule has 0 aliphatic heterocycles. The number of rotatable bonds is 3. The molecule has 3 aromatic carbocycles. The number of hydrogen-bond acceptors (Lipinski definition) is 0. The Kier molecular flexibility index (Phi) is 3.47. The van der Waals surface area contributed by atoms with Crippen molar-refractivity contribution in [2.45, 2.75) is 12.5 Å². The van der Waals surface area contributed by atoms with E-state index < -0.39 is 0 Å². The summed E-state index contributed by atoms with van der Waals surface area (Å²) in [5.41, 5.74) is 2.01. The van der Waals surface area contributed by atoms with Gasteiger partial charge in [0.25, 0.3) is 0 Å². The highest BCUT2D eigenvalue weighted by molar-refractivity contribution is 6.54. The molecule has 0 nitrogen and oxygen atoms in total. The molecule has 2 radical (unpaired) electrons. The van der Waals surface area contributed by atoms with Crippen LogP contribution in [0.4, 0.5) is 0 Å². The lowest BCUT2D eigenvalue weighted by atomic mass is 10.1. The van der Waals surface area contributed by atoms with E-state index >= 15 is 0 Å². The minimum absolute atomic E-state index is 0.576. The Balaban J connectivity index is 1.87. The van der Waals surface area contributed by atoms with Gasteiger partial charge in [0.15, 0.2) is 0 Å². The Hall–Kier alpha value is -1.86. The average Bonchev–Trinajstić information content (AvgIpc) is 2.48. The number of benzene rings is 3. The van der Waals surface area contributed by atoms with Gasteiger partial charge in [-0.1, -0.05) is 84.9 Å². The van der Waals surface area contributed by atoms with Crippen molar-refractivity contribution in [3.05, 3.63) is 78.4 Å². The molecule has 0 fully saturated rings. The molecule has 0 spiro atoms. The monoisotopic (exact) mass is 260 g/mol. The van der Waals surface area contributed by atoms with Gasteiger partial charge in [-0.25, -0.2) is 0 Å². The van der Waals surface area contributed by atoms with Crippen LogP contribution in [-0.4, -0.2) is 9.52 Å². The van der Waals surface area contributed by atoms with Gasteiger partial charge in [0.2, 0.25) is 0 Å². The zero-order valence-electron chi connectivity index (χ0n) is 11.0. The molecule has 19 heavy (non-hydrogen) atoms. The summed E-state index contributed by atoms with van der Waals surface area (Å²) >= 11 is 0. The van der Waals surface area contributed by atoms with Crippen LogP contribution in [0.5, 0.6) is 0 Å². The Morgan fingerprint density at radius 3 is 2.21 bits per heavy atom. The van der Waals surface area contributed by atoms with Crippen LogP contribution in [0.25, 0.3) is 10.8 Å². The molecule has 0 unspecified atom stereocenters. The third-order valence-electron chi connectivity index (χ3n) is 3.43. The zero-order valence-corrected chi connectivity index (χ0v) is 12.0. The van der Waals surface area contributed by atoms with Crippen molar-refractivity contribution >= 4 is 25.5 Å². The SMILES string of the molecule is C[C@H]([Si]c1ccccc1)c1ccc2ccccc2c1. The molecule has 0 N–H and O–H groups in total. The lowest BCUT2D eigenvalue weighted by molar-refractivity contribution is 1.08. The van der Waals surface area contributed by atoms with Crippen LogP contribution in [0.15, 0.2) is 72.8 Å². The van der Waals surface area contributed by atoms with E-state index in [-0.39, 0.29) is 0 Å². The van der Waals surface area contributed by atoms with E-state index in [1.165, 1.54) is 21.5 Å². The molecule has 0 aliphatic rings. The van der Waals surface area contributed by atoms with Crippen LogP contribution in [0, 0.1) is 0 Å². The second kappa shape index (κ2) is 5.41. The van der Waals surface area contributed by atoms with Crippen molar-refractivity contribution in [3.63, 3.8) is 0 Å². The summed E-state index contributed by atoms with van der Waals surface area (Å²) in [4.78, 5) is 0. The predicted octanol–water partition coefficient (Wildman–Crippen LogP) is 3.93. The Bertz CT molecular complexity index is 673. The van der Waals surface area contributed by atoms with Gasteiger partial charge < -0.3 is 0 Å². The molecule has 0 bridgehead atoms. The van der Waals surface area contributed by atoms with E-state index in [2.05, 4.69) is 79.7 Å². The first-order chi connectivity index (χ1) is 9.33. The van der Waals surface area contributed by atoms with E-state index in [0.29, 0.717) is 5.54 Å². The van der Waals surface area contributed by atoms with Crippen LogP contribution < -0.4 is 5.19 Å². The largest absolute Gasteiger partial charge is 0.0887 e. The van der Waals surface area contributed by atoms with E-state index in [0.717, 1.165) is 9.52 Å². The minimum atomic E-state index is 0.576. The van der Waals surface area contributed by atoms with Crippen molar-refractivity contribution in [2.24, 2.45) is 0 Å². The van der Waals surface area contributed by atoms with E-state index in [4.69, 9.17) is 0 Å². The molecule has 0 amide bonds. The van der Waals surface area contributed by atoms with Crippen molar-refractivity contribution < 1.29 is 0 Å². The molecular weight excluding hydrogens is 244 g/mol. The molecule has 0 saturated carbocycles. The lowest BCUT2D eigenvalue weighted by Gasteiger charge is -2.12. The van der Waals surface area contributed by atoms with Crippen molar-refractivity contribution in [3.8, 4) is 0 Å². The van der Waals surface area contributed by atoms with Gasteiger partial charge in [-0.05, 0) is 21.9 Å². The molecule has 0 aliphatic carbocycles. The van der Waals surface area contributed by atoms with E-state index in [1.54, 1.807) is 0 Å². The van der Waals surface area contributed by atoms with Crippen molar-refractivity contribution in [2.75, 3.05) is 0 Å². The Labute approximate surface area is 116 Å². The average molecular weight is 260 g/mol. The summed E-state index contributed by atoms with van der Waals surface area (Å²) in [6.07, 6.45) is 0. The molecule has 92 valence electrons. The minimum Gasteiger partial charge on any atom is -0.0636 e. The quantitative estimate of drug-likeness (QED) is 0.626. The Morgan fingerprint density at radius 2 is 1.42 bits per heavy atom. The zero-order chi connectivity index (χ0) is 13.1. The normalized spacial score (nSPS) is 12.5. The molecular formula is C18H16Si. The van der Waals surface area contributed by atoms with Gasteiger partial charge in [-0.3, -0.25) is 0 Å². The fraction of sp³-hybridized carbons (Fsp3) is 0.111. The second-order valence-electron chi connectivity index (χ2n) is 4.84. The topological polar surface area (TPSA) is 0 Å². The van der Waals surface area contributed by atoms with E-state index in [1.807, 2.05) is 0 Å². The lowest BCUT2D eigenvalue weighted by Crippen LogP contribution is -2.19. The van der Waals surface area contributed by atoms with Gasteiger partial charge in [-0.15, -0.1) is 0 Å². The van der Waals surface area contributed by atoms with Gasteiger partial charge in [-0.2, -0.15) is 0 Å². The highest BCUT2D eigenvalue weighted by Crippen LogP contribution is 2.20. The summed E-state index contributed by atoms with van der Waals surface area (Å²) in [5.74, 6) is 0. The van der Waals surface area contributed by atoms with E-state index in [9.17, 15) is 0 Å². The van der Waals surface area contributed by atoms with Crippen LogP contribution in [-0.2, 0) is 0 Å². The fourth-order valence-corrected chi connectivity index (χ4v) is 3.58. The molecule has 1 atom stereocenters. The molecule has 1 heteroatoms. The number of hydrogen-bond donors (Lipinski definition) is 0. The summed E-state index contributed by atoms with van der Waals surface area (Å²) in [6.45, 7) is 2.32. The summed E-state index contributed by atoms with van der Waals surface area (Å²) in [7, 11) is 0.827. The first-order valence-electron chi connectivity index (χ1n) is 6.63. The highest BCUT2D eigenvalue weighted by Gasteiger charge is 2.08. The standard InChI is InChI=1S/C18H16Si/c1-14(19-18-9-3-2-4-10-18)16-12-11-15-7-5-6-8-17(15)13-16/h2-14H,1H3/t14-/m0/s1. The maximum Gasteiger partial charge on any atom is 0.0887 e. The van der Waals surface area contributed by atoms with Crippen molar-refractivity contribution in [1.82, 2.24) is 0 Å². The smallest absolute Gasteiger partial charge is 0.0636 e. The van der Waals surface area contributed by atoms with Gasteiger partial charge in [0, 0.05) is 0 Å². The maximum absolute atomic E-state index is 2.33. The number of fused-ring (bicyclic) bond motifs is 1. The Morgan fingerprint density at radius 1 is 0.737 bits per heavy atom. The fourth-order valence-electron chi connectivity index (χ4n) is 2.34. The van der Waals surface area contributed by atoms with Gasteiger partial charge >= 0.3 is 0 Å². The first kappa shape index (κ1) is 12.2. The van der Waals surface area contributed by atoms with Crippen LogP contribution >= 0.6 is 0 Å². The maximum atomic E-state index is 2.33. The predicted molar refractivity (Wildman–Crippen MR) is 84.2 cm³/mol. The van der Waals surface area contributed by atoms with Crippen molar-refractivity contribution in [1.29, 1.82) is 0 Å². The highest BCUT2D eigenvalue weighted by atomic mass is 28.2. The third-order valence-corrected chi connectivity index (χ3v) is 4.86.